The maximum Gasteiger partial charge on any atom is 0.118 e. The first-order valence-electron chi connectivity index (χ1n) is 7.74. The molecule has 0 saturated heterocycles. The second-order valence-electron chi connectivity index (χ2n) is 6.13. The van der Waals surface area contributed by atoms with Gasteiger partial charge in [0.25, 0.3) is 0 Å². The summed E-state index contributed by atoms with van der Waals surface area (Å²) in [7, 11) is 0.491. The highest BCUT2D eigenvalue weighted by atomic mass is 28.3. The molecule has 0 N–H and O–H groups in total. The minimum atomic E-state index is -1.24. The van der Waals surface area contributed by atoms with Crippen molar-refractivity contribution < 1.29 is 4.74 Å². The molecule has 0 unspecified atom stereocenters. The van der Waals surface area contributed by atoms with Crippen LogP contribution >= 0.6 is 0 Å². The van der Waals surface area contributed by atoms with E-state index in [1.807, 2.05) is 0 Å². The van der Waals surface area contributed by atoms with Crippen LogP contribution < -0.4 is 9.92 Å². The Bertz CT molecular complexity index is 343. The van der Waals surface area contributed by atoms with E-state index in [1.54, 1.807) is 12.3 Å². The first kappa shape index (κ1) is 16.3. The molecule has 0 aliphatic heterocycles. The second-order valence-corrected chi connectivity index (χ2v) is 11.0. The summed E-state index contributed by atoms with van der Waals surface area (Å²) in [6.07, 6.45) is 8.38. The van der Waals surface area contributed by atoms with E-state index in [-0.39, 0.29) is 0 Å². The van der Waals surface area contributed by atoms with Gasteiger partial charge in [0.1, 0.15) is 5.75 Å². The molecule has 0 fully saturated rings. The Kier molecular flexibility index (Phi) is 7.22. The van der Waals surface area contributed by atoms with Gasteiger partial charge in [0.2, 0.25) is 0 Å². The van der Waals surface area contributed by atoms with E-state index in [0.717, 1.165) is 5.75 Å². The van der Waals surface area contributed by atoms with Crippen molar-refractivity contribution in [3.8, 4) is 5.75 Å². The van der Waals surface area contributed by atoms with Gasteiger partial charge in [-0.15, -0.1) is 0 Å². The van der Waals surface area contributed by atoms with Gasteiger partial charge in [0.15, 0.2) is 0 Å². The molecule has 0 spiro atoms. The molecule has 1 aromatic carbocycles. The molecule has 1 rings (SSSR count). The van der Waals surface area contributed by atoms with Crippen LogP contribution in [-0.4, -0.2) is 15.2 Å². The topological polar surface area (TPSA) is 9.23 Å². The van der Waals surface area contributed by atoms with Crippen LogP contribution in [0.4, 0.5) is 0 Å². The number of unbranched alkanes of at least 4 members (excludes halogenated alkanes) is 5. The molecule has 108 valence electrons. The first-order valence-corrected chi connectivity index (χ1v) is 11.0. The number of methoxy groups -OCH3 is 1. The molecular weight excluding hydrogens is 248 g/mol. The lowest BCUT2D eigenvalue weighted by atomic mass is 10.1. The summed E-state index contributed by atoms with van der Waals surface area (Å²) >= 11 is 0. The summed E-state index contributed by atoms with van der Waals surface area (Å²) < 4.78 is 5.23. The minimum Gasteiger partial charge on any atom is -0.497 e. The highest BCUT2D eigenvalue weighted by Gasteiger charge is 2.22. The predicted octanol–water partition coefficient (Wildman–Crippen LogP) is 4.97. The Morgan fingerprint density at radius 1 is 0.895 bits per heavy atom. The number of hydrogen-bond donors (Lipinski definition) is 0. The smallest absolute Gasteiger partial charge is 0.118 e. The lowest BCUT2D eigenvalue weighted by Crippen LogP contribution is -2.40. The lowest BCUT2D eigenvalue weighted by molar-refractivity contribution is 0.415. The molecule has 0 saturated carbocycles. The van der Waals surface area contributed by atoms with Crippen LogP contribution in [-0.2, 0) is 0 Å². The lowest BCUT2D eigenvalue weighted by Gasteiger charge is -2.23. The summed E-state index contributed by atoms with van der Waals surface area (Å²) in [6, 6.07) is 10.1. The number of rotatable bonds is 9. The van der Waals surface area contributed by atoms with Crippen LogP contribution in [0.25, 0.3) is 0 Å². The fourth-order valence-electron chi connectivity index (χ4n) is 2.53. The van der Waals surface area contributed by atoms with Gasteiger partial charge in [-0.1, -0.05) is 81.9 Å². The molecule has 1 aromatic rings. The van der Waals surface area contributed by atoms with Crippen molar-refractivity contribution in [3.63, 3.8) is 0 Å². The van der Waals surface area contributed by atoms with Crippen molar-refractivity contribution in [1.29, 1.82) is 0 Å². The summed E-state index contributed by atoms with van der Waals surface area (Å²) in [4.78, 5) is 0. The van der Waals surface area contributed by atoms with Crippen LogP contribution in [0.3, 0.4) is 0 Å². The molecule has 0 amide bonds. The Morgan fingerprint density at radius 2 is 1.47 bits per heavy atom. The molecule has 2 heteroatoms. The summed E-state index contributed by atoms with van der Waals surface area (Å²) in [6.45, 7) is 7.25. The van der Waals surface area contributed by atoms with E-state index in [2.05, 4.69) is 44.3 Å². The van der Waals surface area contributed by atoms with E-state index < -0.39 is 8.07 Å². The molecule has 0 radical (unpaired) electrons. The first-order chi connectivity index (χ1) is 9.10. The van der Waals surface area contributed by atoms with Crippen LogP contribution in [0.15, 0.2) is 24.3 Å². The van der Waals surface area contributed by atoms with Gasteiger partial charge in [-0.3, -0.25) is 0 Å². The number of benzene rings is 1. The maximum atomic E-state index is 5.23. The van der Waals surface area contributed by atoms with E-state index >= 15 is 0 Å². The molecule has 0 aromatic heterocycles. The molecular formula is C17H30OSi. The third kappa shape index (κ3) is 5.81. The van der Waals surface area contributed by atoms with Crippen LogP contribution in [0.2, 0.25) is 19.1 Å². The normalized spacial score (nSPS) is 11.6. The largest absolute Gasteiger partial charge is 0.497 e. The molecule has 0 heterocycles. The van der Waals surface area contributed by atoms with Gasteiger partial charge in [-0.2, -0.15) is 0 Å². The zero-order valence-electron chi connectivity index (χ0n) is 13.2. The minimum absolute atomic E-state index is 0.966. The van der Waals surface area contributed by atoms with Gasteiger partial charge < -0.3 is 4.74 Å². The SMILES string of the molecule is CCCCCCCC[Si](C)(C)c1ccc(OC)cc1. The number of ether oxygens (including phenoxy) is 1. The Hall–Kier alpha value is -0.763. The molecule has 1 nitrogen and oxygen atoms in total. The highest BCUT2D eigenvalue weighted by molar-refractivity contribution is 6.89. The maximum absolute atomic E-state index is 5.23. The van der Waals surface area contributed by atoms with Crippen molar-refractivity contribution in [2.45, 2.75) is 64.6 Å². The van der Waals surface area contributed by atoms with Crippen molar-refractivity contribution in [2.75, 3.05) is 7.11 Å². The predicted molar refractivity (Wildman–Crippen MR) is 88.3 cm³/mol. The summed E-state index contributed by atoms with van der Waals surface area (Å²) in [5.41, 5.74) is 0. The molecule has 0 aliphatic rings. The Morgan fingerprint density at radius 3 is 2.05 bits per heavy atom. The van der Waals surface area contributed by atoms with E-state index in [1.165, 1.54) is 44.6 Å². The van der Waals surface area contributed by atoms with E-state index in [4.69, 9.17) is 4.74 Å². The Labute approximate surface area is 120 Å². The molecule has 0 atom stereocenters. The summed E-state index contributed by atoms with van der Waals surface area (Å²) in [5, 5.41) is 1.56. The third-order valence-corrected chi connectivity index (χ3v) is 7.53. The monoisotopic (exact) mass is 278 g/mol. The van der Waals surface area contributed by atoms with Crippen LogP contribution in [0.1, 0.15) is 45.4 Å². The van der Waals surface area contributed by atoms with Crippen LogP contribution in [0.5, 0.6) is 5.75 Å². The average molecular weight is 279 g/mol. The molecule has 0 aliphatic carbocycles. The fourth-order valence-corrected chi connectivity index (χ4v) is 5.03. The van der Waals surface area contributed by atoms with E-state index in [9.17, 15) is 0 Å². The van der Waals surface area contributed by atoms with Gasteiger partial charge in [-0.05, 0) is 12.1 Å². The second kappa shape index (κ2) is 8.42. The van der Waals surface area contributed by atoms with Crippen molar-refractivity contribution in [2.24, 2.45) is 0 Å². The van der Waals surface area contributed by atoms with Gasteiger partial charge in [0, 0.05) is 0 Å². The zero-order valence-corrected chi connectivity index (χ0v) is 14.2. The van der Waals surface area contributed by atoms with Gasteiger partial charge in [-0.25, -0.2) is 0 Å². The van der Waals surface area contributed by atoms with Crippen molar-refractivity contribution >= 4 is 13.3 Å². The summed E-state index contributed by atoms with van der Waals surface area (Å²) in [5.74, 6) is 0.966. The Balaban J connectivity index is 2.37. The van der Waals surface area contributed by atoms with E-state index in [0.29, 0.717) is 0 Å². The zero-order chi connectivity index (χ0) is 14.1. The van der Waals surface area contributed by atoms with Crippen molar-refractivity contribution in [3.05, 3.63) is 24.3 Å². The average Bonchev–Trinajstić information content (AvgIpc) is 2.43. The molecule has 0 bridgehead atoms. The standard InChI is InChI=1S/C17H30OSi/c1-5-6-7-8-9-10-15-19(3,4)17-13-11-16(18-2)12-14-17/h11-14H,5-10,15H2,1-4H3. The number of hydrogen-bond acceptors (Lipinski definition) is 1. The highest BCUT2D eigenvalue weighted by Crippen LogP contribution is 2.18. The quantitative estimate of drug-likeness (QED) is 0.458. The molecule has 19 heavy (non-hydrogen) atoms. The third-order valence-electron chi connectivity index (χ3n) is 4.03. The van der Waals surface area contributed by atoms with Crippen LogP contribution in [0, 0.1) is 0 Å². The fraction of sp³-hybridized carbons (Fsp3) is 0.647. The van der Waals surface area contributed by atoms with Gasteiger partial charge >= 0.3 is 0 Å². The van der Waals surface area contributed by atoms with Crippen molar-refractivity contribution in [1.82, 2.24) is 0 Å². The van der Waals surface area contributed by atoms with Gasteiger partial charge in [0.05, 0.1) is 15.2 Å².